The van der Waals surface area contributed by atoms with Crippen LogP contribution in [0.3, 0.4) is 0 Å². The number of ether oxygens (including phenoxy) is 1. The molecule has 0 atom stereocenters. The van der Waals surface area contributed by atoms with Gasteiger partial charge >= 0.3 is 0 Å². The normalized spacial score (nSPS) is 15.0. The molecule has 0 aromatic heterocycles. The second-order valence-corrected chi connectivity index (χ2v) is 6.08. The van der Waals surface area contributed by atoms with Crippen molar-refractivity contribution in [3.63, 3.8) is 0 Å². The Labute approximate surface area is 137 Å². The van der Waals surface area contributed by atoms with Gasteiger partial charge in [-0.1, -0.05) is 19.3 Å². The number of benzene rings is 1. The van der Waals surface area contributed by atoms with Gasteiger partial charge in [0.25, 0.3) is 0 Å². The van der Waals surface area contributed by atoms with E-state index in [-0.39, 0.29) is 17.7 Å². The number of rotatable bonds is 6. The molecule has 2 rings (SSSR count). The number of carbonyl (C=O) groups excluding carboxylic acids is 2. The lowest BCUT2D eigenvalue weighted by Crippen LogP contribution is -2.33. The second-order valence-electron chi connectivity index (χ2n) is 6.08. The fraction of sp³-hybridized carbons (Fsp3) is 0.556. The molecular weight excluding hydrogens is 292 g/mol. The summed E-state index contributed by atoms with van der Waals surface area (Å²) in [6, 6.07) is 5.54. The van der Waals surface area contributed by atoms with Crippen LogP contribution < -0.4 is 15.4 Å². The summed E-state index contributed by atoms with van der Waals surface area (Å²) in [6.07, 6.45) is 6.25. The molecular formula is C18H26N2O3. The molecule has 23 heavy (non-hydrogen) atoms. The molecule has 0 unspecified atom stereocenters. The Kier molecular flexibility index (Phi) is 6.44. The Morgan fingerprint density at radius 2 is 1.96 bits per heavy atom. The number of methoxy groups -OCH3 is 1. The highest BCUT2D eigenvalue weighted by molar-refractivity contribution is 5.88. The zero-order valence-corrected chi connectivity index (χ0v) is 14.0. The van der Waals surface area contributed by atoms with Crippen molar-refractivity contribution in [2.24, 2.45) is 5.92 Å². The van der Waals surface area contributed by atoms with Crippen LogP contribution >= 0.6 is 0 Å². The van der Waals surface area contributed by atoms with E-state index in [1.54, 1.807) is 7.11 Å². The van der Waals surface area contributed by atoms with Crippen LogP contribution in [-0.4, -0.2) is 25.5 Å². The number of carbonyl (C=O) groups is 2. The highest BCUT2D eigenvalue weighted by atomic mass is 16.5. The molecule has 126 valence electrons. The highest BCUT2D eigenvalue weighted by Crippen LogP contribution is 2.24. The van der Waals surface area contributed by atoms with Gasteiger partial charge in [-0.25, -0.2) is 0 Å². The van der Waals surface area contributed by atoms with Gasteiger partial charge in [-0.3, -0.25) is 9.59 Å². The van der Waals surface area contributed by atoms with E-state index >= 15 is 0 Å². The first kappa shape index (κ1) is 17.3. The number of hydrogen-bond acceptors (Lipinski definition) is 3. The smallest absolute Gasteiger partial charge is 0.223 e. The Bertz CT molecular complexity index is 551. The first-order chi connectivity index (χ1) is 11.1. The molecule has 5 nitrogen and oxygen atoms in total. The maximum atomic E-state index is 12.2. The largest absolute Gasteiger partial charge is 0.496 e. The van der Waals surface area contributed by atoms with E-state index in [0.29, 0.717) is 13.0 Å². The van der Waals surface area contributed by atoms with Gasteiger partial charge in [-0.05, 0) is 43.0 Å². The molecule has 2 amide bonds. The number of nitrogens with one attached hydrogen (secondary N) is 2. The van der Waals surface area contributed by atoms with Crippen LogP contribution in [0.5, 0.6) is 5.75 Å². The second kappa shape index (κ2) is 8.56. The van der Waals surface area contributed by atoms with Crippen molar-refractivity contribution in [2.45, 2.75) is 45.4 Å². The van der Waals surface area contributed by atoms with Gasteiger partial charge in [-0.2, -0.15) is 0 Å². The molecule has 1 aromatic carbocycles. The molecule has 1 aliphatic carbocycles. The Morgan fingerprint density at radius 1 is 1.22 bits per heavy atom. The summed E-state index contributed by atoms with van der Waals surface area (Å²) in [7, 11) is 1.62. The van der Waals surface area contributed by atoms with E-state index in [1.807, 2.05) is 18.2 Å². The summed E-state index contributed by atoms with van der Waals surface area (Å²) in [5.74, 6) is 1.01. The van der Waals surface area contributed by atoms with Crippen molar-refractivity contribution in [3.05, 3.63) is 23.8 Å². The van der Waals surface area contributed by atoms with Gasteiger partial charge in [0.15, 0.2) is 0 Å². The van der Waals surface area contributed by atoms with Crippen molar-refractivity contribution in [3.8, 4) is 5.75 Å². The molecule has 0 heterocycles. The summed E-state index contributed by atoms with van der Waals surface area (Å²) >= 11 is 0. The van der Waals surface area contributed by atoms with Gasteiger partial charge in [0, 0.05) is 25.1 Å². The number of amides is 2. The third-order valence-electron chi connectivity index (χ3n) is 4.27. The highest BCUT2D eigenvalue weighted by Gasteiger charge is 2.20. The molecule has 1 fully saturated rings. The summed E-state index contributed by atoms with van der Waals surface area (Å²) in [4.78, 5) is 23.3. The Morgan fingerprint density at radius 3 is 2.61 bits per heavy atom. The lowest BCUT2D eigenvalue weighted by atomic mass is 9.88. The predicted octanol–water partition coefficient (Wildman–Crippen LogP) is 2.89. The van der Waals surface area contributed by atoms with Crippen molar-refractivity contribution in [1.29, 1.82) is 0 Å². The fourth-order valence-electron chi connectivity index (χ4n) is 3.08. The lowest BCUT2D eigenvalue weighted by molar-refractivity contribution is -0.125. The van der Waals surface area contributed by atoms with Crippen LogP contribution in [0.15, 0.2) is 18.2 Å². The molecule has 5 heteroatoms. The average molecular weight is 318 g/mol. The topological polar surface area (TPSA) is 67.4 Å². The monoisotopic (exact) mass is 318 g/mol. The van der Waals surface area contributed by atoms with Crippen molar-refractivity contribution in [1.82, 2.24) is 5.32 Å². The zero-order chi connectivity index (χ0) is 16.7. The first-order valence-electron chi connectivity index (χ1n) is 8.32. The van der Waals surface area contributed by atoms with Gasteiger partial charge in [-0.15, -0.1) is 0 Å². The molecule has 1 aromatic rings. The van der Waals surface area contributed by atoms with E-state index in [0.717, 1.165) is 42.7 Å². The lowest BCUT2D eigenvalue weighted by Gasteiger charge is -2.20. The standard InChI is InChI=1S/C18H26N2O3/c1-13(21)20-16-8-9-17(23-2)15(12-16)10-11-19-18(22)14-6-4-3-5-7-14/h8-9,12,14H,3-7,10-11H2,1-2H3,(H,19,22)(H,20,21). The van der Waals surface area contributed by atoms with Gasteiger partial charge in [0.1, 0.15) is 5.75 Å². The Hall–Kier alpha value is -2.04. The molecule has 1 saturated carbocycles. The quantitative estimate of drug-likeness (QED) is 0.847. The van der Waals surface area contributed by atoms with E-state index in [4.69, 9.17) is 4.74 Å². The third-order valence-corrected chi connectivity index (χ3v) is 4.27. The van der Waals surface area contributed by atoms with Crippen molar-refractivity contribution >= 4 is 17.5 Å². The summed E-state index contributed by atoms with van der Waals surface area (Å²) < 4.78 is 5.35. The average Bonchev–Trinajstić information content (AvgIpc) is 2.55. The van der Waals surface area contributed by atoms with Crippen LogP contribution in [-0.2, 0) is 16.0 Å². The molecule has 1 aliphatic rings. The first-order valence-corrected chi connectivity index (χ1v) is 8.32. The molecule has 0 bridgehead atoms. The minimum Gasteiger partial charge on any atom is -0.496 e. The van der Waals surface area contributed by atoms with Crippen molar-refractivity contribution in [2.75, 3.05) is 19.0 Å². The van der Waals surface area contributed by atoms with Crippen LogP contribution in [0.1, 0.15) is 44.6 Å². The molecule has 0 spiro atoms. The third kappa shape index (κ3) is 5.27. The zero-order valence-electron chi connectivity index (χ0n) is 14.0. The van der Waals surface area contributed by atoms with Crippen LogP contribution in [0, 0.1) is 5.92 Å². The maximum absolute atomic E-state index is 12.2. The van der Waals surface area contributed by atoms with E-state index < -0.39 is 0 Å². The summed E-state index contributed by atoms with van der Waals surface area (Å²) in [6.45, 7) is 2.06. The number of anilines is 1. The maximum Gasteiger partial charge on any atom is 0.223 e. The van der Waals surface area contributed by atoms with Crippen LogP contribution in [0.2, 0.25) is 0 Å². The molecule has 0 radical (unpaired) electrons. The van der Waals surface area contributed by atoms with E-state index in [9.17, 15) is 9.59 Å². The Balaban J connectivity index is 1.90. The van der Waals surface area contributed by atoms with Crippen LogP contribution in [0.25, 0.3) is 0 Å². The minimum absolute atomic E-state index is 0.105. The summed E-state index contributed by atoms with van der Waals surface area (Å²) in [5, 5.41) is 5.80. The number of hydrogen-bond donors (Lipinski definition) is 2. The SMILES string of the molecule is COc1ccc(NC(C)=O)cc1CCNC(=O)C1CCCCC1. The van der Waals surface area contributed by atoms with E-state index in [2.05, 4.69) is 10.6 Å². The van der Waals surface area contributed by atoms with Gasteiger partial charge in [0.05, 0.1) is 7.11 Å². The van der Waals surface area contributed by atoms with Crippen LogP contribution in [0.4, 0.5) is 5.69 Å². The van der Waals surface area contributed by atoms with E-state index in [1.165, 1.54) is 13.3 Å². The fourth-order valence-corrected chi connectivity index (χ4v) is 3.08. The summed E-state index contributed by atoms with van der Waals surface area (Å²) in [5.41, 5.74) is 1.72. The van der Waals surface area contributed by atoms with Gasteiger partial charge < -0.3 is 15.4 Å². The van der Waals surface area contributed by atoms with Crippen molar-refractivity contribution < 1.29 is 14.3 Å². The van der Waals surface area contributed by atoms with Gasteiger partial charge in [0.2, 0.25) is 11.8 Å². The molecule has 2 N–H and O–H groups in total. The molecule has 0 aliphatic heterocycles. The molecule has 0 saturated heterocycles. The minimum atomic E-state index is -0.105. The predicted molar refractivity (Wildman–Crippen MR) is 90.6 cm³/mol.